The molecule has 448 valence electrons. The van der Waals surface area contributed by atoms with E-state index in [9.17, 15) is 14.4 Å². The zero-order chi connectivity index (χ0) is 57.1. The van der Waals surface area contributed by atoms with E-state index in [2.05, 4.69) is 154 Å². The Morgan fingerprint density at radius 3 is 0.823 bits per heavy atom. The number of esters is 3. The highest BCUT2D eigenvalue weighted by Gasteiger charge is 2.19. The second-order valence-electron chi connectivity index (χ2n) is 21.3. The molecule has 0 aliphatic rings. The van der Waals surface area contributed by atoms with Crippen LogP contribution in [0.25, 0.3) is 0 Å². The smallest absolute Gasteiger partial charge is 0.306 e. The van der Waals surface area contributed by atoms with Gasteiger partial charge in [0.2, 0.25) is 0 Å². The Kier molecular flexibility index (Phi) is 62.3. The quantitative estimate of drug-likeness (QED) is 0.0261. The van der Waals surface area contributed by atoms with Crippen LogP contribution in [0, 0.1) is 0 Å². The van der Waals surface area contributed by atoms with Crippen molar-refractivity contribution in [2.45, 2.75) is 297 Å². The van der Waals surface area contributed by atoms with Crippen molar-refractivity contribution in [3.63, 3.8) is 0 Å². The average molecular weight is 1090 g/mol. The van der Waals surface area contributed by atoms with E-state index < -0.39 is 6.10 Å². The van der Waals surface area contributed by atoms with Gasteiger partial charge in [0, 0.05) is 19.3 Å². The first-order chi connectivity index (χ1) is 39.0. The summed E-state index contributed by atoms with van der Waals surface area (Å²) in [5, 5.41) is 0. The lowest BCUT2D eigenvalue weighted by molar-refractivity contribution is -0.167. The Morgan fingerprint density at radius 2 is 0.494 bits per heavy atom. The van der Waals surface area contributed by atoms with Gasteiger partial charge in [-0.15, -0.1) is 0 Å². The van der Waals surface area contributed by atoms with Gasteiger partial charge < -0.3 is 14.2 Å². The summed E-state index contributed by atoms with van der Waals surface area (Å²) in [6.45, 7) is 6.45. The van der Waals surface area contributed by atoms with Crippen molar-refractivity contribution >= 4 is 17.9 Å². The Bertz CT molecular complexity index is 1680. The molecule has 79 heavy (non-hydrogen) atoms. The van der Waals surface area contributed by atoms with Crippen LogP contribution in [0.3, 0.4) is 0 Å². The molecule has 0 radical (unpaired) electrons. The third-order valence-electron chi connectivity index (χ3n) is 13.6. The highest BCUT2D eigenvalue weighted by Crippen LogP contribution is 2.15. The summed E-state index contributed by atoms with van der Waals surface area (Å²) in [5.74, 6) is -0.962. The molecule has 6 nitrogen and oxygen atoms in total. The van der Waals surface area contributed by atoms with Gasteiger partial charge in [-0.3, -0.25) is 14.4 Å². The van der Waals surface area contributed by atoms with Crippen LogP contribution in [-0.4, -0.2) is 37.2 Å². The van der Waals surface area contributed by atoms with Gasteiger partial charge in [-0.1, -0.05) is 264 Å². The molecule has 1 unspecified atom stereocenters. The molecule has 6 heteroatoms. The normalized spacial score (nSPS) is 13.0. The Hall–Kier alpha value is -4.45. The highest BCUT2D eigenvalue weighted by atomic mass is 16.6. The van der Waals surface area contributed by atoms with Crippen LogP contribution >= 0.6 is 0 Å². The zero-order valence-electron chi connectivity index (χ0n) is 51.3. The number of unbranched alkanes of at least 4 members (excludes halogenated alkanes) is 25. The SMILES string of the molecule is CC/C=C\C/C=C\C/C=C\C/C=C\C/C=C\C/C=C\CCCCC(=O)OCC(COC(=O)CCCCCCCCCCC/C=C\C/C=C\CCCCC)OC(=O)CCCCCCCC/C=C\C/C=C\C/C=C\CCCCCCC. The van der Waals surface area contributed by atoms with E-state index in [0.717, 1.165) is 122 Å². The van der Waals surface area contributed by atoms with Crippen molar-refractivity contribution in [1.29, 1.82) is 0 Å². The minimum absolute atomic E-state index is 0.103. The minimum atomic E-state index is -0.812. The number of hydrogen-bond donors (Lipinski definition) is 0. The number of rotatable bonds is 58. The van der Waals surface area contributed by atoms with Crippen molar-refractivity contribution in [1.82, 2.24) is 0 Å². The van der Waals surface area contributed by atoms with Crippen molar-refractivity contribution < 1.29 is 28.6 Å². The summed E-state index contributed by atoms with van der Waals surface area (Å²) in [4.78, 5) is 38.4. The average Bonchev–Trinajstić information content (AvgIpc) is 3.45. The number of ether oxygens (including phenoxy) is 3. The standard InChI is InChI=1S/C73H120O6/c1-4-7-10-13-16-19-22-25-28-31-34-36-39-42-45-48-51-54-57-60-63-66-72(75)78-69-70(68-77-71(74)65-62-59-56-53-50-47-44-41-38-33-30-27-24-21-18-15-12-9-6-3)79-73(76)67-64-61-58-55-52-49-46-43-40-37-35-32-29-26-23-20-17-14-11-8-5-2/h7,10,16,18-19,21,23,25-28,30,32,34-36,40,42-43,45,51,54,70H,4-6,8-9,11-15,17,20,22,24,29,31,33,37-39,41,44,46-50,52-53,55-69H2,1-3H3/b10-7-,19-16-,21-18-,26-23-,28-25-,30-27-,35-32-,36-34-,43-40-,45-42-,54-51-. The largest absolute Gasteiger partial charge is 0.462 e. The Balaban J connectivity index is 4.52. The fraction of sp³-hybridized carbons (Fsp3) is 0.658. The predicted molar refractivity (Wildman–Crippen MR) is 343 cm³/mol. The summed E-state index contributed by atoms with van der Waals surface area (Å²) in [6, 6.07) is 0. The maximum absolute atomic E-state index is 12.9. The van der Waals surface area contributed by atoms with E-state index >= 15 is 0 Å². The molecule has 0 saturated heterocycles. The van der Waals surface area contributed by atoms with Gasteiger partial charge in [-0.05, 0) is 141 Å². The summed E-state index contributed by atoms with van der Waals surface area (Å²) >= 11 is 0. The summed E-state index contributed by atoms with van der Waals surface area (Å²) < 4.78 is 16.9. The minimum Gasteiger partial charge on any atom is -0.462 e. The second-order valence-corrected chi connectivity index (χ2v) is 21.3. The van der Waals surface area contributed by atoms with Crippen LogP contribution in [0.5, 0.6) is 0 Å². The Morgan fingerprint density at radius 1 is 0.266 bits per heavy atom. The van der Waals surface area contributed by atoms with E-state index in [0.29, 0.717) is 25.7 Å². The molecular weight excluding hydrogens is 973 g/mol. The van der Waals surface area contributed by atoms with E-state index in [1.165, 1.54) is 122 Å². The van der Waals surface area contributed by atoms with Gasteiger partial charge in [0.15, 0.2) is 6.10 Å². The van der Waals surface area contributed by atoms with Gasteiger partial charge in [0.1, 0.15) is 13.2 Å². The fourth-order valence-corrected chi connectivity index (χ4v) is 8.72. The molecule has 0 fully saturated rings. The zero-order valence-corrected chi connectivity index (χ0v) is 51.3. The van der Waals surface area contributed by atoms with Crippen molar-refractivity contribution in [2.75, 3.05) is 13.2 Å². The van der Waals surface area contributed by atoms with Crippen LogP contribution in [0.4, 0.5) is 0 Å². The van der Waals surface area contributed by atoms with Gasteiger partial charge in [0.05, 0.1) is 0 Å². The second kappa shape index (κ2) is 66.1. The summed E-state index contributed by atoms with van der Waals surface area (Å²) in [6.07, 6.45) is 93.0. The summed E-state index contributed by atoms with van der Waals surface area (Å²) in [7, 11) is 0. The van der Waals surface area contributed by atoms with Gasteiger partial charge >= 0.3 is 17.9 Å². The molecule has 0 N–H and O–H groups in total. The van der Waals surface area contributed by atoms with Crippen molar-refractivity contribution in [3.05, 3.63) is 134 Å². The van der Waals surface area contributed by atoms with Crippen LogP contribution in [0.2, 0.25) is 0 Å². The fourth-order valence-electron chi connectivity index (χ4n) is 8.72. The maximum atomic E-state index is 12.9. The van der Waals surface area contributed by atoms with Crippen LogP contribution in [-0.2, 0) is 28.6 Å². The third-order valence-corrected chi connectivity index (χ3v) is 13.6. The summed E-state index contributed by atoms with van der Waals surface area (Å²) in [5.41, 5.74) is 0. The molecule has 0 rings (SSSR count). The number of hydrogen-bond acceptors (Lipinski definition) is 6. The third kappa shape index (κ3) is 64.3. The molecule has 0 aromatic heterocycles. The number of carbonyl (C=O) groups excluding carboxylic acids is 3. The molecule has 0 aromatic rings. The van der Waals surface area contributed by atoms with E-state index in [1.54, 1.807) is 0 Å². The number of allylic oxidation sites excluding steroid dienone is 22. The first-order valence-corrected chi connectivity index (χ1v) is 32.7. The molecule has 0 bridgehead atoms. The van der Waals surface area contributed by atoms with E-state index in [-0.39, 0.29) is 31.1 Å². The molecular formula is C73H120O6. The van der Waals surface area contributed by atoms with E-state index in [1.807, 2.05) is 0 Å². The molecule has 0 spiro atoms. The van der Waals surface area contributed by atoms with Crippen molar-refractivity contribution in [3.8, 4) is 0 Å². The van der Waals surface area contributed by atoms with Crippen LogP contribution in [0.1, 0.15) is 290 Å². The van der Waals surface area contributed by atoms with E-state index in [4.69, 9.17) is 14.2 Å². The van der Waals surface area contributed by atoms with Crippen LogP contribution in [0.15, 0.2) is 134 Å². The molecule has 0 aliphatic carbocycles. The lowest BCUT2D eigenvalue weighted by atomic mass is 10.1. The molecule has 0 amide bonds. The monoisotopic (exact) mass is 1090 g/mol. The van der Waals surface area contributed by atoms with Gasteiger partial charge in [-0.2, -0.15) is 0 Å². The Labute approximate surface area is 487 Å². The van der Waals surface area contributed by atoms with Gasteiger partial charge in [0.25, 0.3) is 0 Å². The predicted octanol–water partition coefficient (Wildman–Crippen LogP) is 22.5. The molecule has 0 saturated carbocycles. The van der Waals surface area contributed by atoms with Crippen molar-refractivity contribution in [2.24, 2.45) is 0 Å². The molecule has 0 aliphatic heterocycles. The van der Waals surface area contributed by atoms with Crippen LogP contribution < -0.4 is 0 Å². The highest BCUT2D eigenvalue weighted by molar-refractivity contribution is 5.71. The molecule has 0 aromatic carbocycles. The molecule has 0 heterocycles. The lowest BCUT2D eigenvalue weighted by Gasteiger charge is -2.18. The first kappa shape index (κ1) is 74.5. The maximum Gasteiger partial charge on any atom is 0.306 e. The molecule has 1 atom stereocenters. The first-order valence-electron chi connectivity index (χ1n) is 32.7. The topological polar surface area (TPSA) is 78.9 Å². The van der Waals surface area contributed by atoms with Gasteiger partial charge in [-0.25, -0.2) is 0 Å². The number of carbonyl (C=O) groups is 3. The lowest BCUT2D eigenvalue weighted by Crippen LogP contribution is -2.30.